The summed E-state index contributed by atoms with van der Waals surface area (Å²) in [4.78, 5) is 0. The highest BCUT2D eigenvalue weighted by Gasteiger charge is 2.03. The van der Waals surface area contributed by atoms with E-state index in [9.17, 15) is 0 Å². The highest BCUT2D eigenvalue weighted by molar-refractivity contribution is 5.96. The fourth-order valence-electron chi connectivity index (χ4n) is 3.86. The molecule has 0 aliphatic rings. The maximum Gasteiger partial charge on any atom is -0.0105 e. The number of rotatable bonds is 4. The van der Waals surface area contributed by atoms with Crippen molar-refractivity contribution in [2.24, 2.45) is 0 Å². The molecule has 0 aromatic heterocycles. The van der Waals surface area contributed by atoms with Crippen molar-refractivity contribution in [3.8, 4) is 22.3 Å². The molecule has 0 aliphatic carbocycles. The normalized spacial score (nSPS) is 11.2. The SMILES string of the molecule is C(=Cc1ccc(-c2cccc3ccccc23)cc1)c1ccc(-c2ccccc2)cc1. The van der Waals surface area contributed by atoms with Gasteiger partial charge in [0.1, 0.15) is 0 Å². The van der Waals surface area contributed by atoms with Crippen molar-refractivity contribution in [3.63, 3.8) is 0 Å². The lowest BCUT2D eigenvalue weighted by Crippen LogP contribution is -1.82. The summed E-state index contributed by atoms with van der Waals surface area (Å²) in [5.41, 5.74) is 7.42. The van der Waals surface area contributed by atoms with E-state index in [0.29, 0.717) is 0 Å². The zero-order chi connectivity index (χ0) is 20.2. The van der Waals surface area contributed by atoms with Crippen LogP contribution in [0, 0.1) is 0 Å². The van der Waals surface area contributed by atoms with E-state index >= 15 is 0 Å². The molecule has 0 heterocycles. The van der Waals surface area contributed by atoms with Gasteiger partial charge < -0.3 is 0 Å². The Labute approximate surface area is 177 Å². The highest BCUT2D eigenvalue weighted by atomic mass is 14.1. The van der Waals surface area contributed by atoms with Gasteiger partial charge in [0, 0.05) is 0 Å². The van der Waals surface area contributed by atoms with Crippen molar-refractivity contribution in [3.05, 3.63) is 132 Å². The van der Waals surface area contributed by atoms with Gasteiger partial charge in [-0.2, -0.15) is 0 Å². The number of hydrogen-bond acceptors (Lipinski definition) is 0. The van der Waals surface area contributed by atoms with Gasteiger partial charge in [0.2, 0.25) is 0 Å². The Morgan fingerprint density at radius 2 is 0.900 bits per heavy atom. The van der Waals surface area contributed by atoms with Crippen molar-refractivity contribution >= 4 is 22.9 Å². The van der Waals surface area contributed by atoms with Crippen LogP contribution in [0.25, 0.3) is 45.2 Å². The van der Waals surface area contributed by atoms with Gasteiger partial charge in [-0.1, -0.05) is 133 Å². The van der Waals surface area contributed by atoms with Gasteiger partial charge in [0.15, 0.2) is 0 Å². The third-order valence-electron chi connectivity index (χ3n) is 5.50. The third-order valence-corrected chi connectivity index (χ3v) is 5.50. The van der Waals surface area contributed by atoms with Crippen LogP contribution in [0.3, 0.4) is 0 Å². The van der Waals surface area contributed by atoms with Crippen LogP contribution in [-0.4, -0.2) is 0 Å². The maximum atomic E-state index is 2.21. The molecule has 0 saturated carbocycles. The van der Waals surface area contributed by atoms with Crippen LogP contribution in [-0.2, 0) is 0 Å². The van der Waals surface area contributed by atoms with E-state index in [-0.39, 0.29) is 0 Å². The van der Waals surface area contributed by atoms with E-state index in [4.69, 9.17) is 0 Å². The zero-order valence-electron chi connectivity index (χ0n) is 16.7. The molecule has 0 spiro atoms. The second-order valence-electron chi connectivity index (χ2n) is 7.47. The maximum absolute atomic E-state index is 2.21. The van der Waals surface area contributed by atoms with E-state index in [1.807, 2.05) is 6.07 Å². The predicted octanol–water partition coefficient (Wildman–Crippen LogP) is 8.34. The molecule has 0 N–H and O–H groups in total. The molecule has 0 nitrogen and oxygen atoms in total. The van der Waals surface area contributed by atoms with E-state index in [0.717, 1.165) is 0 Å². The Bertz CT molecular complexity index is 1290. The van der Waals surface area contributed by atoms with Crippen molar-refractivity contribution in [1.82, 2.24) is 0 Å². The Morgan fingerprint density at radius 1 is 0.367 bits per heavy atom. The van der Waals surface area contributed by atoms with E-state index in [2.05, 4.69) is 127 Å². The zero-order valence-corrected chi connectivity index (χ0v) is 16.7. The van der Waals surface area contributed by atoms with Crippen LogP contribution in [0.15, 0.2) is 121 Å². The summed E-state index contributed by atoms with van der Waals surface area (Å²) in [6.45, 7) is 0. The lowest BCUT2D eigenvalue weighted by atomic mass is 9.97. The van der Waals surface area contributed by atoms with Gasteiger partial charge in [0.25, 0.3) is 0 Å². The molecule has 0 unspecified atom stereocenters. The quantitative estimate of drug-likeness (QED) is 0.274. The molecule has 0 heteroatoms. The van der Waals surface area contributed by atoms with Crippen LogP contribution in [0.1, 0.15) is 11.1 Å². The van der Waals surface area contributed by atoms with Crippen molar-refractivity contribution in [2.75, 3.05) is 0 Å². The van der Waals surface area contributed by atoms with E-state index in [1.54, 1.807) is 0 Å². The summed E-state index contributed by atoms with van der Waals surface area (Å²) in [6, 6.07) is 43.0. The minimum atomic E-state index is 1.20. The second-order valence-corrected chi connectivity index (χ2v) is 7.47. The second kappa shape index (κ2) is 8.23. The van der Waals surface area contributed by atoms with Crippen molar-refractivity contribution in [2.45, 2.75) is 0 Å². The number of benzene rings is 5. The molecule has 5 aromatic rings. The lowest BCUT2D eigenvalue weighted by Gasteiger charge is -2.07. The van der Waals surface area contributed by atoms with Crippen LogP contribution in [0.5, 0.6) is 0 Å². The summed E-state index contributed by atoms with van der Waals surface area (Å²) in [7, 11) is 0. The summed E-state index contributed by atoms with van der Waals surface area (Å²) >= 11 is 0. The Morgan fingerprint density at radius 3 is 1.60 bits per heavy atom. The predicted molar refractivity (Wildman–Crippen MR) is 130 cm³/mol. The number of fused-ring (bicyclic) bond motifs is 1. The molecule has 0 radical (unpaired) electrons. The third kappa shape index (κ3) is 3.81. The van der Waals surface area contributed by atoms with E-state index in [1.165, 1.54) is 44.2 Å². The Balaban J connectivity index is 1.35. The average Bonchev–Trinajstić information content (AvgIpc) is 2.84. The monoisotopic (exact) mass is 382 g/mol. The van der Waals surface area contributed by atoms with Gasteiger partial charge in [0.05, 0.1) is 0 Å². The summed E-state index contributed by atoms with van der Waals surface area (Å²) < 4.78 is 0. The summed E-state index contributed by atoms with van der Waals surface area (Å²) in [5, 5.41) is 2.57. The first-order valence-corrected chi connectivity index (χ1v) is 10.3. The first kappa shape index (κ1) is 18.1. The van der Waals surface area contributed by atoms with Gasteiger partial charge in [-0.15, -0.1) is 0 Å². The van der Waals surface area contributed by atoms with Crippen molar-refractivity contribution < 1.29 is 0 Å². The molecule has 0 aliphatic heterocycles. The molecule has 30 heavy (non-hydrogen) atoms. The number of hydrogen-bond donors (Lipinski definition) is 0. The Kier molecular flexibility index (Phi) is 4.98. The van der Waals surface area contributed by atoms with Gasteiger partial charge in [-0.25, -0.2) is 0 Å². The fraction of sp³-hybridized carbons (Fsp3) is 0. The van der Waals surface area contributed by atoms with Gasteiger partial charge in [-0.3, -0.25) is 0 Å². The molecule has 142 valence electrons. The van der Waals surface area contributed by atoms with Gasteiger partial charge in [-0.05, 0) is 44.2 Å². The topological polar surface area (TPSA) is 0 Å². The molecule has 0 bridgehead atoms. The van der Waals surface area contributed by atoms with Gasteiger partial charge >= 0.3 is 0 Å². The molecule has 5 aromatic carbocycles. The molecular weight excluding hydrogens is 360 g/mol. The standard InChI is InChI=1S/C30H22/c1-2-7-25(8-3-1)26-19-15-23(16-20-26)13-14-24-17-21-28(22-18-24)30-12-6-10-27-9-4-5-11-29(27)30/h1-22H. The first-order chi connectivity index (χ1) is 14.9. The molecule has 5 rings (SSSR count). The summed E-state index contributed by atoms with van der Waals surface area (Å²) in [5.74, 6) is 0. The Hall–Kier alpha value is -3.90. The smallest absolute Gasteiger partial charge is 0.0105 e. The summed E-state index contributed by atoms with van der Waals surface area (Å²) in [6.07, 6.45) is 4.34. The van der Waals surface area contributed by atoms with Crippen LogP contribution < -0.4 is 0 Å². The molecule has 0 saturated heterocycles. The lowest BCUT2D eigenvalue weighted by molar-refractivity contribution is 1.60. The molecule has 0 amide bonds. The minimum absolute atomic E-state index is 1.20. The van der Waals surface area contributed by atoms with Crippen molar-refractivity contribution in [1.29, 1.82) is 0 Å². The van der Waals surface area contributed by atoms with Crippen LogP contribution in [0.2, 0.25) is 0 Å². The highest BCUT2D eigenvalue weighted by Crippen LogP contribution is 2.29. The molecule has 0 atom stereocenters. The van der Waals surface area contributed by atoms with E-state index < -0.39 is 0 Å². The first-order valence-electron chi connectivity index (χ1n) is 10.3. The molecular formula is C30H22. The minimum Gasteiger partial charge on any atom is -0.0622 e. The average molecular weight is 383 g/mol. The fourth-order valence-corrected chi connectivity index (χ4v) is 3.86. The largest absolute Gasteiger partial charge is 0.0622 e. The molecule has 0 fully saturated rings. The van der Waals surface area contributed by atoms with Crippen LogP contribution >= 0.6 is 0 Å². The van der Waals surface area contributed by atoms with Crippen LogP contribution in [0.4, 0.5) is 0 Å².